The summed E-state index contributed by atoms with van der Waals surface area (Å²) in [4.78, 5) is 13.9. The molecule has 1 aliphatic rings. The van der Waals surface area contributed by atoms with Crippen LogP contribution in [-0.4, -0.2) is 43.7 Å². The van der Waals surface area contributed by atoms with Gasteiger partial charge in [-0.2, -0.15) is 0 Å². The molecule has 4 nitrogen and oxygen atoms in total. The molecule has 1 aromatic carbocycles. The minimum atomic E-state index is 0.0683. The monoisotopic (exact) mass is 262 g/mol. The maximum Gasteiger partial charge on any atom is 0.248 e. The zero-order valence-electron chi connectivity index (χ0n) is 11.4. The molecule has 4 heteroatoms. The second-order valence-corrected chi connectivity index (χ2v) is 4.95. The normalized spacial score (nSPS) is 22.7. The lowest BCUT2D eigenvalue weighted by molar-refractivity contribution is -0.135. The van der Waals surface area contributed by atoms with Crippen LogP contribution in [0.4, 0.5) is 0 Å². The van der Waals surface area contributed by atoms with E-state index < -0.39 is 0 Å². The van der Waals surface area contributed by atoms with Gasteiger partial charge in [0, 0.05) is 25.6 Å². The van der Waals surface area contributed by atoms with E-state index in [4.69, 9.17) is 10.5 Å². The van der Waals surface area contributed by atoms with Crippen molar-refractivity contribution >= 4 is 5.91 Å². The Bertz CT molecular complexity index is 408. The molecule has 0 spiro atoms. The minimum absolute atomic E-state index is 0.0683. The molecule has 0 saturated carbocycles. The van der Waals surface area contributed by atoms with Crippen molar-refractivity contribution in [2.45, 2.75) is 12.8 Å². The Labute approximate surface area is 114 Å². The number of carbonyl (C=O) groups is 1. The summed E-state index contributed by atoms with van der Waals surface area (Å²) in [6, 6.07) is 10.3. The van der Waals surface area contributed by atoms with Crippen LogP contribution in [-0.2, 0) is 9.53 Å². The highest BCUT2D eigenvalue weighted by atomic mass is 16.5. The summed E-state index contributed by atoms with van der Waals surface area (Å²) in [6.45, 7) is 4.74. The highest BCUT2D eigenvalue weighted by molar-refractivity contribution is 5.78. The molecule has 19 heavy (non-hydrogen) atoms. The standard InChI is InChI=1S/C15H22N2O2/c1-2-19-11-15(18)17-9-13(8-16)14(10-17)12-6-4-3-5-7-12/h3-7,13-14H,2,8-11,16H2,1H3/t13-,14+/m1/s1. The Hall–Kier alpha value is -1.39. The molecule has 0 aromatic heterocycles. The van der Waals surface area contributed by atoms with Crippen LogP contribution < -0.4 is 5.73 Å². The molecule has 1 aromatic rings. The minimum Gasteiger partial charge on any atom is -0.372 e. The van der Waals surface area contributed by atoms with Crippen LogP contribution in [0.5, 0.6) is 0 Å². The van der Waals surface area contributed by atoms with Crippen LogP contribution in [0, 0.1) is 5.92 Å². The molecule has 2 atom stereocenters. The largest absolute Gasteiger partial charge is 0.372 e. The van der Waals surface area contributed by atoms with Gasteiger partial charge in [-0.1, -0.05) is 30.3 Å². The van der Waals surface area contributed by atoms with E-state index >= 15 is 0 Å². The summed E-state index contributed by atoms with van der Waals surface area (Å²) in [5, 5.41) is 0. The maximum absolute atomic E-state index is 12.0. The van der Waals surface area contributed by atoms with Gasteiger partial charge in [0.1, 0.15) is 6.61 Å². The SMILES string of the molecule is CCOCC(=O)N1C[C@@H](CN)[C@H](c2ccccc2)C1. The van der Waals surface area contributed by atoms with Gasteiger partial charge in [0.2, 0.25) is 5.91 Å². The van der Waals surface area contributed by atoms with Crippen LogP contribution in [0.15, 0.2) is 30.3 Å². The van der Waals surface area contributed by atoms with Gasteiger partial charge < -0.3 is 15.4 Å². The first-order valence-electron chi connectivity index (χ1n) is 6.86. The molecule has 1 saturated heterocycles. The van der Waals surface area contributed by atoms with Crippen molar-refractivity contribution in [2.24, 2.45) is 11.7 Å². The molecule has 2 N–H and O–H groups in total. The Morgan fingerprint density at radius 2 is 2.11 bits per heavy atom. The molecule has 1 fully saturated rings. The molecular formula is C15H22N2O2. The summed E-state index contributed by atoms with van der Waals surface area (Å²) >= 11 is 0. The second kappa shape index (κ2) is 6.68. The first-order chi connectivity index (χ1) is 9.26. The van der Waals surface area contributed by atoms with Gasteiger partial charge >= 0.3 is 0 Å². The number of hydrogen-bond acceptors (Lipinski definition) is 3. The molecule has 1 aliphatic heterocycles. The van der Waals surface area contributed by atoms with Gasteiger partial charge in [0.15, 0.2) is 0 Å². The number of likely N-dealkylation sites (tertiary alicyclic amines) is 1. The maximum atomic E-state index is 12.0. The lowest BCUT2D eigenvalue weighted by Gasteiger charge is -2.16. The van der Waals surface area contributed by atoms with Gasteiger partial charge in [0.05, 0.1) is 0 Å². The number of carbonyl (C=O) groups excluding carboxylic acids is 1. The van der Waals surface area contributed by atoms with Crippen molar-refractivity contribution in [1.29, 1.82) is 0 Å². The third-order valence-electron chi connectivity index (χ3n) is 3.75. The summed E-state index contributed by atoms with van der Waals surface area (Å²) in [5.74, 6) is 0.753. The third kappa shape index (κ3) is 3.33. The molecule has 104 valence electrons. The lowest BCUT2D eigenvalue weighted by atomic mass is 9.89. The fraction of sp³-hybridized carbons (Fsp3) is 0.533. The van der Waals surface area contributed by atoms with Crippen molar-refractivity contribution < 1.29 is 9.53 Å². The van der Waals surface area contributed by atoms with Crippen LogP contribution in [0.3, 0.4) is 0 Å². The second-order valence-electron chi connectivity index (χ2n) is 4.95. The van der Waals surface area contributed by atoms with Crippen LogP contribution >= 0.6 is 0 Å². The Balaban J connectivity index is 2.04. The van der Waals surface area contributed by atoms with Gasteiger partial charge in [-0.05, 0) is 24.9 Å². The Morgan fingerprint density at radius 3 is 2.74 bits per heavy atom. The molecular weight excluding hydrogens is 240 g/mol. The van der Waals surface area contributed by atoms with Crippen molar-refractivity contribution in [3.63, 3.8) is 0 Å². The number of hydrogen-bond donors (Lipinski definition) is 1. The molecule has 0 bridgehead atoms. The van der Waals surface area contributed by atoms with Gasteiger partial charge in [-0.25, -0.2) is 0 Å². The van der Waals surface area contributed by atoms with Crippen molar-refractivity contribution in [1.82, 2.24) is 4.90 Å². The third-order valence-corrected chi connectivity index (χ3v) is 3.75. The van der Waals surface area contributed by atoms with Gasteiger partial charge in [-0.3, -0.25) is 4.79 Å². The number of nitrogens with zero attached hydrogens (tertiary/aromatic N) is 1. The zero-order valence-corrected chi connectivity index (χ0v) is 11.4. The molecule has 0 unspecified atom stereocenters. The number of ether oxygens (including phenoxy) is 1. The number of rotatable bonds is 5. The smallest absolute Gasteiger partial charge is 0.248 e. The van der Waals surface area contributed by atoms with Crippen LogP contribution in [0.25, 0.3) is 0 Å². The topological polar surface area (TPSA) is 55.6 Å². The van der Waals surface area contributed by atoms with E-state index in [2.05, 4.69) is 12.1 Å². The average molecular weight is 262 g/mol. The molecule has 1 heterocycles. The number of benzene rings is 1. The van der Waals surface area contributed by atoms with E-state index in [9.17, 15) is 4.79 Å². The fourth-order valence-electron chi connectivity index (χ4n) is 2.67. The molecule has 0 aliphatic carbocycles. The summed E-state index contributed by atoms with van der Waals surface area (Å²) in [7, 11) is 0. The molecule has 2 rings (SSSR count). The highest BCUT2D eigenvalue weighted by Crippen LogP contribution is 2.31. The summed E-state index contributed by atoms with van der Waals surface area (Å²) < 4.78 is 5.20. The van der Waals surface area contributed by atoms with Gasteiger partial charge in [-0.15, -0.1) is 0 Å². The molecule has 1 amide bonds. The van der Waals surface area contributed by atoms with E-state index in [-0.39, 0.29) is 12.5 Å². The van der Waals surface area contributed by atoms with Gasteiger partial charge in [0.25, 0.3) is 0 Å². The quantitative estimate of drug-likeness (QED) is 0.868. The first kappa shape index (κ1) is 14.0. The fourth-order valence-corrected chi connectivity index (χ4v) is 2.67. The number of amides is 1. The molecule has 0 radical (unpaired) electrons. The Morgan fingerprint density at radius 1 is 1.37 bits per heavy atom. The van der Waals surface area contributed by atoms with E-state index in [1.54, 1.807) is 0 Å². The van der Waals surface area contributed by atoms with Crippen LogP contribution in [0.2, 0.25) is 0 Å². The van der Waals surface area contributed by atoms with Crippen LogP contribution in [0.1, 0.15) is 18.4 Å². The highest BCUT2D eigenvalue weighted by Gasteiger charge is 2.34. The summed E-state index contributed by atoms with van der Waals surface area (Å²) in [5.41, 5.74) is 7.12. The Kier molecular flexibility index (Phi) is 4.93. The van der Waals surface area contributed by atoms with E-state index in [1.165, 1.54) is 5.56 Å². The van der Waals surface area contributed by atoms with E-state index in [1.807, 2.05) is 30.0 Å². The zero-order chi connectivity index (χ0) is 13.7. The van der Waals surface area contributed by atoms with Crippen molar-refractivity contribution in [3.8, 4) is 0 Å². The lowest BCUT2D eigenvalue weighted by Crippen LogP contribution is -2.32. The summed E-state index contributed by atoms with van der Waals surface area (Å²) in [6.07, 6.45) is 0. The van der Waals surface area contributed by atoms with E-state index in [0.29, 0.717) is 25.0 Å². The van der Waals surface area contributed by atoms with Crippen molar-refractivity contribution in [3.05, 3.63) is 35.9 Å². The first-order valence-corrected chi connectivity index (χ1v) is 6.86. The number of nitrogens with two attached hydrogens (primary N) is 1. The van der Waals surface area contributed by atoms with E-state index in [0.717, 1.165) is 13.1 Å². The van der Waals surface area contributed by atoms with Crippen molar-refractivity contribution in [2.75, 3.05) is 32.8 Å². The average Bonchev–Trinajstić information content (AvgIpc) is 2.90. The predicted octanol–water partition coefficient (Wildman–Crippen LogP) is 1.22. The predicted molar refractivity (Wildman–Crippen MR) is 74.8 cm³/mol.